The lowest BCUT2D eigenvalue weighted by Crippen LogP contribution is -2.24. The smallest absolute Gasteiger partial charge is 0.262 e. The molecule has 26 heavy (non-hydrogen) atoms. The summed E-state index contributed by atoms with van der Waals surface area (Å²) in [6, 6.07) is 7.33. The van der Waals surface area contributed by atoms with Crippen LogP contribution in [0.5, 0.6) is 0 Å². The zero-order valence-corrected chi connectivity index (χ0v) is 15.2. The monoisotopic (exact) mass is 353 g/mol. The molecular formula is C19H23N5O2. The minimum absolute atomic E-state index is 0.0604. The third-order valence-corrected chi connectivity index (χ3v) is 4.13. The summed E-state index contributed by atoms with van der Waals surface area (Å²) in [5, 5.41) is 17.0. The predicted molar refractivity (Wildman–Crippen MR) is 104 cm³/mol. The van der Waals surface area contributed by atoms with E-state index < -0.39 is 0 Å². The van der Waals surface area contributed by atoms with Crippen molar-refractivity contribution in [2.45, 2.75) is 33.4 Å². The first kappa shape index (κ1) is 17.9. The van der Waals surface area contributed by atoms with Crippen LogP contribution in [0.3, 0.4) is 0 Å². The maximum atomic E-state index is 12.8. The van der Waals surface area contributed by atoms with Crippen LogP contribution in [-0.4, -0.2) is 32.3 Å². The lowest BCUT2D eigenvalue weighted by atomic mass is 10.2. The lowest BCUT2D eigenvalue weighted by Gasteiger charge is -2.16. The van der Waals surface area contributed by atoms with Gasteiger partial charge in [0, 0.05) is 25.0 Å². The summed E-state index contributed by atoms with van der Waals surface area (Å²) in [5.41, 5.74) is 0.978. The van der Waals surface area contributed by atoms with E-state index in [1.54, 1.807) is 17.0 Å². The van der Waals surface area contributed by atoms with Crippen LogP contribution in [0.2, 0.25) is 0 Å². The summed E-state index contributed by atoms with van der Waals surface area (Å²) in [6.07, 6.45) is 3.50. The van der Waals surface area contributed by atoms with Crippen LogP contribution in [0, 0.1) is 6.92 Å². The van der Waals surface area contributed by atoms with Gasteiger partial charge in [0.1, 0.15) is 17.5 Å². The van der Waals surface area contributed by atoms with E-state index in [2.05, 4.69) is 20.6 Å². The number of rotatable bonds is 6. The Morgan fingerprint density at radius 3 is 2.77 bits per heavy atom. The van der Waals surface area contributed by atoms with Gasteiger partial charge in [0.05, 0.1) is 12.0 Å². The van der Waals surface area contributed by atoms with Crippen LogP contribution in [0.1, 0.15) is 19.4 Å². The van der Waals surface area contributed by atoms with Crippen LogP contribution < -0.4 is 16.2 Å². The number of nitrogens with one attached hydrogen (secondary N) is 2. The zero-order valence-electron chi connectivity index (χ0n) is 15.2. The Morgan fingerprint density at radius 1 is 1.27 bits per heavy atom. The average Bonchev–Trinajstić information content (AvgIpc) is 2.61. The van der Waals surface area contributed by atoms with Gasteiger partial charge in [-0.05, 0) is 56.0 Å². The first-order valence-corrected chi connectivity index (χ1v) is 8.63. The number of hydrogen-bond acceptors (Lipinski definition) is 6. The molecule has 3 rings (SSSR count). The van der Waals surface area contributed by atoms with Gasteiger partial charge in [-0.25, -0.2) is 9.97 Å². The fraction of sp³-hybridized carbons (Fsp3) is 0.316. The highest BCUT2D eigenvalue weighted by molar-refractivity contribution is 5.93. The van der Waals surface area contributed by atoms with Crippen LogP contribution >= 0.6 is 0 Å². The number of aryl methyl sites for hydroxylation is 2. The van der Waals surface area contributed by atoms with Crippen molar-refractivity contribution in [2.24, 2.45) is 0 Å². The standard InChI is InChI=1S/C19H23N5O2/c1-4-24-8-6-14-10-16(22-15-9-12(2)5-7-20-15)23-18(17(14)19(24)26)21-13(3)11-25/h5-10,13,25H,4,11H2,1-3H3,(H2,20,21,22,23)/t13-/m1/s1. The summed E-state index contributed by atoms with van der Waals surface area (Å²) < 4.78 is 1.63. The fourth-order valence-electron chi connectivity index (χ4n) is 2.73. The molecule has 7 heteroatoms. The zero-order chi connectivity index (χ0) is 18.7. The molecule has 0 aliphatic rings. The second kappa shape index (κ2) is 7.53. The van der Waals surface area contributed by atoms with Gasteiger partial charge >= 0.3 is 0 Å². The molecule has 0 amide bonds. The Morgan fingerprint density at radius 2 is 2.08 bits per heavy atom. The minimum Gasteiger partial charge on any atom is -0.394 e. The van der Waals surface area contributed by atoms with Gasteiger partial charge in [0.15, 0.2) is 0 Å². The summed E-state index contributed by atoms with van der Waals surface area (Å²) in [4.78, 5) is 21.6. The Hall–Kier alpha value is -2.93. The molecule has 0 saturated carbocycles. The van der Waals surface area contributed by atoms with E-state index in [-0.39, 0.29) is 18.2 Å². The van der Waals surface area contributed by atoms with Crippen molar-refractivity contribution >= 4 is 28.2 Å². The largest absolute Gasteiger partial charge is 0.394 e. The number of aliphatic hydroxyl groups excluding tert-OH is 1. The highest BCUT2D eigenvalue weighted by Crippen LogP contribution is 2.24. The molecule has 0 unspecified atom stereocenters. The summed E-state index contributed by atoms with van der Waals surface area (Å²) >= 11 is 0. The van der Waals surface area contributed by atoms with Gasteiger partial charge in [-0.15, -0.1) is 0 Å². The van der Waals surface area contributed by atoms with E-state index in [9.17, 15) is 9.90 Å². The molecule has 1 atom stereocenters. The SMILES string of the molecule is CCn1ccc2cc(Nc3cc(C)ccn3)nc(N[C@H](C)CO)c2c1=O. The second-order valence-corrected chi connectivity index (χ2v) is 6.30. The Bertz CT molecular complexity index is 983. The Balaban J connectivity index is 2.12. The minimum atomic E-state index is -0.229. The molecule has 0 aromatic carbocycles. The van der Waals surface area contributed by atoms with E-state index >= 15 is 0 Å². The molecule has 0 fully saturated rings. The van der Waals surface area contributed by atoms with Gasteiger partial charge in [-0.2, -0.15) is 0 Å². The molecule has 0 aliphatic heterocycles. The predicted octanol–water partition coefficient (Wildman–Crippen LogP) is 2.66. The number of fused-ring (bicyclic) bond motifs is 1. The molecule has 0 radical (unpaired) electrons. The third kappa shape index (κ3) is 3.67. The normalized spacial score (nSPS) is 12.2. The van der Waals surface area contributed by atoms with Crippen molar-refractivity contribution in [1.82, 2.24) is 14.5 Å². The van der Waals surface area contributed by atoms with Crippen molar-refractivity contribution in [3.8, 4) is 0 Å². The Labute approximate surface area is 151 Å². The van der Waals surface area contributed by atoms with Crippen molar-refractivity contribution in [2.75, 3.05) is 17.2 Å². The molecule has 3 aromatic rings. The Kier molecular flexibility index (Phi) is 5.18. The van der Waals surface area contributed by atoms with Crippen molar-refractivity contribution in [3.05, 3.63) is 52.6 Å². The van der Waals surface area contributed by atoms with Crippen molar-refractivity contribution in [1.29, 1.82) is 0 Å². The summed E-state index contributed by atoms with van der Waals surface area (Å²) in [6.45, 7) is 6.26. The van der Waals surface area contributed by atoms with Crippen LogP contribution in [0.25, 0.3) is 10.8 Å². The van der Waals surface area contributed by atoms with E-state index in [1.165, 1.54) is 0 Å². The molecule has 3 N–H and O–H groups in total. The fourth-order valence-corrected chi connectivity index (χ4v) is 2.73. The highest BCUT2D eigenvalue weighted by Gasteiger charge is 2.13. The number of aliphatic hydroxyl groups is 1. The maximum Gasteiger partial charge on any atom is 0.262 e. The van der Waals surface area contributed by atoms with E-state index in [0.29, 0.717) is 29.4 Å². The highest BCUT2D eigenvalue weighted by atomic mass is 16.3. The van der Waals surface area contributed by atoms with Gasteiger partial charge in [0.25, 0.3) is 5.56 Å². The van der Waals surface area contributed by atoms with Crippen molar-refractivity contribution < 1.29 is 5.11 Å². The maximum absolute atomic E-state index is 12.8. The molecule has 3 aromatic heterocycles. The van der Waals surface area contributed by atoms with E-state index in [0.717, 1.165) is 10.9 Å². The molecule has 0 aliphatic carbocycles. The quantitative estimate of drug-likeness (QED) is 0.631. The molecular weight excluding hydrogens is 330 g/mol. The molecule has 3 heterocycles. The average molecular weight is 353 g/mol. The number of aromatic nitrogens is 3. The van der Waals surface area contributed by atoms with Crippen LogP contribution in [0.15, 0.2) is 41.5 Å². The van der Waals surface area contributed by atoms with E-state index in [4.69, 9.17) is 0 Å². The first-order valence-electron chi connectivity index (χ1n) is 8.63. The number of pyridine rings is 3. The number of hydrogen-bond donors (Lipinski definition) is 3. The van der Waals surface area contributed by atoms with Crippen molar-refractivity contribution in [3.63, 3.8) is 0 Å². The molecule has 0 spiro atoms. The van der Waals surface area contributed by atoms with Crippen LogP contribution in [0.4, 0.5) is 17.5 Å². The molecule has 0 bridgehead atoms. The first-order chi connectivity index (χ1) is 12.5. The van der Waals surface area contributed by atoms with Gasteiger partial charge in [0.2, 0.25) is 0 Å². The summed E-state index contributed by atoms with van der Waals surface area (Å²) in [5.74, 6) is 1.71. The van der Waals surface area contributed by atoms with Gasteiger partial charge < -0.3 is 20.3 Å². The van der Waals surface area contributed by atoms with Gasteiger partial charge in [-0.3, -0.25) is 4.79 Å². The molecule has 7 nitrogen and oxygen atoms in total. The number of nitrogens with zero attached hydrogens (tertiary/aromatic N) is 3. The van der Waals surface area contributed by atoms with Crippen LogP contribution in [-0.2, 0) is 6.54 Å². The number of anilines is 3. The topological polar surface area (TPSA) is 92.1 Å². The van der Waals surface area contributed by atoms with Gasteiger partial charge in [-0.1, -0.05) is 0 Å². The summed E-state index contributed by atoms with van der Waals surface area (Å²) in [7, 11) is 0. The second-order valence-electron chi connectivity index (χ2n) is 6.30. The molecule has 0 saturated heterocycles. The third-order valence-electron chi connectivity index (χ3n) is 4.13. The molecule has 136 valence electrons. The van der Waals surface area contributed by atoms with E-state index in [1.807, 2.05) is 45.0 Å². The lowest BCUT2D eigenvalue weighted by molar-refractivity contribution is 0.281.